The molecule has 2 aromatic heterocycles. The van der Waals surface area contributed by atoms with Crippen molar-refractivity contribution in [2.24, 2.45) is 5.92 Å². The maximum absolute atomic E-state index is 13.5. The average molecular weight is 397 g/mol. The van der Waals surface area contributed by atoms with E-state index in [0.29, 0.717) is 29.7 Å². The Labute approximate surface area is 159 Å². The highest BCUT2D eigenvalue weighted by atomic mass is 35.5. The molecular weight excluding hydrogens is 378 g/mol. The summed E-state index contributed by atoms with van der Waals surface area (Å²) in [5.41, 5.74) is 6.21. The number of halogens is 3. The number of furan rings is 1. The zero-order valence-corrected chi connectivity index (χ0v) is 15.4. The molecule has 0 saturated heterocycles. The Hall–Kier alpha value is -2.45. The van der Waals surface area contributed by atoms with Crippen molar-refractivity contribution in [3.05, 3.63) is 35.0 Å². The molecule has 0 amide bonds. The molecule has 4 N–H and O–H groups in total. The number of anilines is 2. The van der Waals surface area contributed by atoms with Gasteiger partial charge in [0.15, 0.2) is 11.6 Å². The van der Waals surface area contributed by atoms with Crippen LogP contribution in [0.25, 0.3) is 22.3 Å². The van der Waals surface area contributed by atoms with Crippen LogP contribution in [0.2, 0.25) is 5.15 Å². The predicted octanol–water partition coefficient (Wildman–Crippen LogP) is 4.22. The van der Waals surface area contributed by atoms with Crippen LogP contribution in [0.15, 0.2) is 22.6 Å². The topological polar surface area (TPSA) is 97.2 Å². The van der Waals surface area contributed by atoms with Crippen LogP contribution in [0.4, 0.5) is 20.5 Å². The van der Waals surface area contributed by atoms with Crippen molar-refractivity contribution in [2.75, 3.05) is 24.2 Å². The van der Waals surface area contributed by atoms with Gasteiger partial charge in [-0.15, -0.1) is 0 Å². The average Bonchev–Trinajstić information content (AvgIpc) is 3.00. The summed E-state index contributed by atoms with van der Waals surface area (Å²) < 4.78 is 32.5. The van der Waals surface area contributed by atoms with Gasteiger partial charge in [-0.25, -0.2) is 13.8 Å². The third kappa shape index (κ3) is 4.12. The van der Waals surface area contributed by atoms with Crippen molar-refractivity contribution >= 4 is 34.3 Å². The third-order valence-corrected chi connectivity index (χ3v) is 4.64. The molecule has 0 bridgehead atoms. The fourth-order valence-electron chi connectivity index (χ4n) is 2.77. The molecule has 144 valence electrons. The number of aliphatic hydroxyl groups excluding tert-OH is 1. The quantitative estimate of drug-likeness (QED) is 0.517. The monoisotopic (exact) mass is 396 g/mol. The van der Waals surface area contributed by atoms with E-state index in [4.69, 9.17) is 21.8 Å². The first kappa shape index (κ1) is 19.3. The van der Waals surface area contributed by atoms with Gasteiger partial charge >= 0.3 is 0 Å². The lowest BCUT2D eigenvalue weighted by Gasteiger charge is -2.14. The SMILES string of the molecule is CCC(CO)CCNc1nc(N)nc(Cl)c1-c1cc2cc(F)c(F)cc2o1. The number of benzene rings is 1. The van der Waals surface area contributed by atoms with E-state index in [1.807, 2.05) is 6.92 Å². The second-order valence-electron chi connectivity index (χ2n) is 6.18. The van der Waals surface area contributed by atoms with Crippen molar-refractivity contribution in [3.8, 4) is 11.3 Å². The minimum atomic E-state index is -1.00. The molecule has 0 aliphatic carbocycles. The van der Waals surface area contributed by atoms with E-state index in [1.165, 1.54) is 6.07 Å². The van der Waals surface area contributed by atoms with Gasteiger partial charge in [0.05, 0.1) is 5.56 Å². The summed E-state index contributed by atoms with van der Waals surface area (Å²) >= 11 is 6.24. The molecule has 0 aliphatic rings. The highest BCUT2D eigenvalue weighted by Crippen LogP contribution is 2.37. The van der Waals surface area contributed by atoms with Gasteiger partial charge < -0.3 is 20.6 Å². The van der Waals surface area contributed by atoms with Crippen molar-refractivity contribution in [1.29, 1.82) is 0 Å². The number of hydrogen-bond acceptors (Lipinski definition) is 6. The van der Waals surface area contributed by atoms with Crippen LogP contribution in [-0.4, -0.2) is 28.2 Å². The number of nitrogens with zero attached hydrogens (tertiary/aromatic N) is 2. The lowest BCUT2D eigenvalue weighted by molar-refractivity contribution is 0.217. The van der Waals surface area contributed by atoms with Gasteiger partial charge in [-0.3, -0.25) is 0 Å². The molecule has 1 aromatic carbocycles. The standard InChI is InChI=1S/C18H19ClF2N4O2/c1-2-9(8-26)3-4-23-17-15(16(19)24-18(22)25-17)14-6-10-5-11(20)12(21)7-13(10)27-14/h5-7,9,26H,2-4,8H2,1H3,(H3,22,23,24,25). The number of aromatic nitrogens is 2. The first-order chi connectivity index (χ1) is 12.9. The molecule has 0 radical (unpaired) electrons. The molecule has 3 aromatic rings. The summed E-state index contributed by atoms with van der Waals surface area (Å²) in [5, 5.41) is 12.9. The summed E-state index contributed by atoms with van der Waals surface area (Å²) in [6, 6.07) is 3.55. The summed E-state index contributed by atoms with van der Waals surface area (Å²) in [5.74, 6) is -1.23. The first-order valence-electron chi connectivity index (χ1n) is 8.49. The molecule has 1 unspecified atom stereocenters. The van der Waals surface area contributed by atoms with Gasteiger partial charge in [-0.2, -0.15) is 4.98 Å². The molecule has 6 nitrogen and oxygen atoms in total. The van der Waals surface area contributed by atoms with Crippen molar-refractivity contribution in [1.82, 2.24) is 9.97 Å². The number of aliphatic hydroxyl groups is 1. The van der Waals surface area contributed by atoms with Crippen molar-refractivity contribution in [2.45, 2.75) is 19.8 Å². The van der Waals surface area contributed by atoms with Crippen LogP contribution in [0.5, 0.6) is 0 Å². The fraction of sp³-hybridized carbons (Fsp3) is 0.333. The first-order valence-corrected chi connectivity index (χ1v) is 8.87. The van der Waals surface area contributed by atoms with Gasteiger partial charge in [0.25, 0.3) is 0 Å². The smallest absolute Gasteiger partial charge is 0.223 e. The fourth-order valence-corrected chi connectivity index (χ4v) is 3.04. The number of fused-ring (bicyclic) bond motifs is 1. The summed E-state index contributed by atoms with van der Waals surface area (Å²) in [6.45, 7) is 2.61. The number of nitrogens with one attached hydrogen (secondary N) is 1. The molecule has 27 heavy (non-hydrogen) atoms. The number of nitrogen functional groups attached to an aromatic ring is 1. The Morgan fingerprint density at radius 2 is 2.00 bits per heavy atom. The third-order valence-electron chi connectivity index (χ3n) is 4.37. The minimum absolute atomic E-state index is 0.0198. The normalized spacial score (nSPS) is 12.5. The Kier molecular flexibility index (Phi) is 5.76. The molecule has 3 rings (SSSR count). The van der Waals surface area contributed by atoms with Crippen LogP contribution in [0.3, 0.4) is 0 Å². The van der Waals surface area contributed by atoms with Gasteiger partial charge in [0.2, 0.25) is 5.95 Å². The molecule has 2 heterocycles. The highest BCUT2D eigenvalue weighted by molar-refractivity contribution is 6.32. The molecule has 0 spiro atoms. The zero-order valence-electron chi connectivity index (χ0n) is 14.6. The number of rotatable bonds is 7. The van der Waals surface area contributed by atoms with E-state index in [1.54, 1.807) is 0 Å². The number of hydrogen-bond donors (Lipinski definition) is 3. The van der Waals surface area contributed by atoms with E-state index < -0.39 is 11.6 Å². The van der Waals surface area contributed by atoms with E-state index in [2.05, 4.69) is 15.3 Å². The zero-order chi connectivity index (χ0) is 19.6. The predicted molar refractivity (Wildman–Crippen MR) is 101 cm³/mol. The van der Waals surface area contributed by atoms with Gasteiger partial charge in [-0.05, 0) is 24.5 Å². The summed E-state index contributed by atoms with van der Waals surface area (Å²) in [6.07, 6.45) is 1.56. The second-order valence-corrected chi connectivity index (χ2v) is 6.54. The van der Waals surface area contributed by atoms with Crippen LogP contribution in [0, 0.1) is 17.6 Å². The molecule has 1 atom stereocenters. The minimum Gasteiger partial charge on any atom is -0.456 e. The van der Waals surface area contributed by atoms with Gasteiger partial charge in [-0.1, -0.05) is 24.9 Å². The maximum atomic E-state index is 13.5. The van der Waals surface area contributed by atoms with E-state index in [-0.39, 0.29) is 35.0 Å². The lowest BCUT2D eigenvalue weighted by atomic mass is 10.0. The second kappa shape index (κ2) is 8.06. The highest BCUT2D eigenvalue weighted by Gasteiger charge is 2.19. The van der Waals surface area contributed by atoms with Gasteiger partial charge in [0.1, 0.15) is 22.3 Å². The van der Waals surface area contributed by atoms with Crippen LogP contribution in [0.1, 0.15) is 19.8 Å². The van der Waals surface area contributed by atoms with Crippen LogP contribution in [-0.2, 0) is 0 Å². The Balaban J connectivity index is 1.97. The van der Waals surface area contributed by atoms with E-state index in [0.717, 1.165) is 18.6 Å². The Morgan fingerprint density at radius 1 is 1.26 bits per heavy atom. The molecule has 9 heteroatoms. The summed E-state index contributed by atoms with van der Waals surface area (Å²) in [7, 11) is 0. The largest absolute Gasteiger partial charge is 0.456 e. The van der Waals surface area contributed by atoms with E-state index in [9.17, 15) is 13.9 Å². The Bertz CT molecular complexity index is 921. The van der Waals surface area contributed by atoms with Crippen molar-refractivity contribution < 1.29 is 18.3 Å². The molecule has 0 aliphatic heterocycles. The lowest BCUT2D eigenvalue weighted by Crippen LogP contribution is -2.13. The molecule has 0 saturated carbocycles. The van der Waals surface area contributed by atoms with Gasteiger partial charge in [0, 0.05) is 24.6 Å². The van der Waals surface area contributed by atoms with E-state index >= 15 is 0 Å². The molecular formula is C18H19ClF2N4O2. The van der Waals surface area contributed by atoms with Crippen LogP contribution >= 0.6 is 11.6 Å². The Morgan fingerprint density at radius 3 is 2.70 bits per heavy atom. The van der Waals surface area contributed by atoms with Crippen LogP contribution < -0.4 is 11.1 Å². The number of nitrogens with two attached hydrogens (primary N) is 1. The maximum Gasteiger partial charge on any atom is 0.223 e. The van der Waals surface area contributed by atoms with Crippen molar-refractivity contribution in [3.63, 3.8) is 0 Å². The molecule has 0 fully saturated rings. The summed E-state index contributed by atoms with van der Waals surface area (Å²) in [4.78, 5) is 8.10.